The highest BCUT2D eigenvalue weighted by Gasteiger charge is 2.18. The SMILES string of the molecule is COc1cccc(-c2nnc(SC(C)C#N)n2-c2ccc(Cl)cc2)c1. The van der Waals surface area contributed by atoms with Crippen LogP contribution in [-0.4, -0.2) is 27.1 Å². The van der Waals surface area contributed by atoms with E-state index in [1.807, 2.05) is 60.0 Å². The van der Waals surface area contributed by atoms with Gasteiger partial charge in [0, 0.05) is 16.3 Å². The highest BCUT2D eigenvalue weighted by molar-refractivity contribution is 8.00. The Balaban J connectivity index is 2.15. The predicted octanol–water partition coefficient (Wildman–Crippen LogP) is 4.60. The van der Waals surface area contributed by atoms with Gasteiger partial charge in [0.05, 0.1) is 18.4 Å². The minimum absolute atomic E-state index is 0.242. The molecule has 0 spiro atoms. The number of thioether (sulfide) groups is 1. The lowest BCUT2D eigenvalue weighted by Crippen LogP contribution is -2.02. The van der Waals surface area contributed by atoms with Crippen LogP contribution in [0.2, 0.25) is 5.02 Å². The first-order chi connectivity index (χ1) is 12.1. The summed E-state index contributed by atoms with van der Waals surface area (Å²) in [5, 5.41) is 18.8. The predicted molar refractivity (Wildman–Crippen MR) is 99.3 cm³/mol. The second-order valence-electron chi connectivity index (χ2n) is 5.24. The standard InChI is InChI=1S/C18H15ClN4OS/c1-12(11-20)25-18-22-21-17(13-4-3-5-16(10-13)24-2)23(18)15-8-6-14(19)7-9-15/h3-10,12H,1-2H3. The Morgan fingerprint density at radius 3 is 2.64 bits per heavy atom. The lowest BCUT2D eigenvalue weighted by molar-refractivity contribution is 0.415. The molecule has 3 rings (SSSR count). The van der Waals surface area contributed by atoms with Crippen molar-refractivity contribution in [3.63, 3.8) is 0 Å². The lowest BCUT2D eigenvalue weighted by Gasteiger charge is -2.11. The summed E-state index contributed by atoms with van der Waals surface area (Å²) in [6.45, 7) is 1.83. The van der Waals surface area contributed by atoms with Gasteiger partial charge in [-0.1, -0.05) is 35.5 Å². The van der Waals surface area contributed by atoms with Gasteiger partial charge in [0.1, 0.15) is 5.75 Å². The Bertz CT molecular complexity index is 918. The largest absolute Gasteiger partial charge is 0.497 e. The van der Waals surface area contributed by atoms with Crippen molar-refractivity contribution in [1.82, 2.24) is 14.8 Å². The molecule has 1 aromatic heterocycles. The topological polar surface area (TPSA) is 63.7 Å². The van der Waals surface area contributed by atoms with Crippen molar-refractivity contribution >= 4 is 23.4 Å². The second-order valence-corrected chi connectivity index (χ2v) is 6.98. The molecule has 3 aromatic rings. The van der Waals surface area contributed by atoms with Gasteiger partial charge in [-0.25, -0.2) is 0 Å². The van der Waals surface area contributed by atoms with E-state index in [0.29, 0.717) is 16.0 Å². The van der Waals surface area contributed by atoms with Gasteiger partial charge in [-0.15, -0.1) is 10.2 Å². The van der Waals surface area contributed by atoms with Gasteiger partial charge in [-0.05, 0) is 43.3 Å². The Hall–Kier alpha value is -2.49. The molecule has 1 unspecified atom stereocenters. The fourth-order valence-electron chi connectivity index (χ4n) is 2.30. The second kappa shape index (κ2) is 7.60. The molecular formula is C18H15ClN4OS. The van der Waals surface area contributed by atoms with Crippen LogP contribution in [0.3, 0.4) is 0 Å². The Morgan fingerprint density at radius 1 is 1.20 bits per heavy atom. The zero-order chi connectivity index (χ0) is 17.8. The number of rotatable bonds is 5. The summed E-state index contributed by atoms with van der Waals surface area (Å²) in [6.07, 6.45) is 0. The molecule has 0 saturated heterocycles. The Labute approximate surface area is 155 Å². The van der Waals surface area contributed by atoms with E-state index in [9.17, 15) is 0 Å². The first-order valence-electron chi connectivity index (χ1n) is 7.54. The first-order valence-corrected chi connectivity index (χ1v) is 8.80. The van der Waals surface area contributed by atoms with E-state index in [-0.39, 0.29) is 5.25 Å². The third kappa shape index (κ3) is 3.78. The average Bonchev–Trinajstić information content (AvgIpc) is 3.05. The van der Waals surface area contributed by atoms with Crippen LogP contribution in [0.1, 0.15) is 6.92 Å². The summed E-state index contributed by atoms with van der Waals surface area (Å²) >= 11 is 7.37. The summed E-state index contributed by atoms with van der Waals surface area (Å²) in [5.74, 6) is 1.41. The summed E-state index contributed by atoms with van der Waals surface area (Å²) in [5.41, 5.74) is 1.75. The molecule has 2 aromatic carbocycles. The van der Waals surface area contributed by atoms with E-state index >= 15 is 0 Å². The molecule has 0 saturated carbocycles. The zero-order valence-corrected chi connectivity index (χ0v) is 15.3. The maximum atomic E-state index is 9.12. The van der Waals surface area contributed by atoms with E-state index in [1.165, 1.54) is 11.8 Å². The lowest BCUT2D eigenvalue weighted by atomic mass is 10.2. The maximum Gasteiger partial charge on any atom is 0.197 e. The van der Waals surface area contributed by atoms with Crippen molar-refractivity contribution in [2.75, 3.05) is 7.11 Å². The highest BCUT2D eigenvalue weighted by Crippen LogP contribution is 2.31. The number of hydrogen-bond acceptors (Lipinski definition) is 5. The molecule has 0 fully saturated rings. The number of hydrogen-bond donors (Lipinski definition) is 0. The van der Waals surface area contributed by atoms with E-state index in [4.69, 9.17) is 21.6 Å². The van der Waals surface area contributed by atoms with Crippen LogP contribution in [0.4, 0.5) is 0 Å². The van der Waals surface area contributed by atoms with Gasteiger partial charge < -0.3 is 4.74 Å². The summed E-state index contributed by atoms with van der Waals surface area (Å²) in [7, 11) is 1.62. The molecule has 0 aliphatic heterocycles. The van der Waals surface area contributed by atoms with Crippen LogP contribution in [0.25, 0.3) is 17.1 Å². The average molecular weight is 371 g/mol. The molecule has 25 heavy (non-hydrogen) atoms. The van der Waals surface area contributed by atoms with Crippen molar-refractivity contribution in [2.24, 2.45) is 0 Å². The minimum atomic E-state index is -0.242. The van der Waals surface area contributed by atoms with Crippen LogP contribution in [-0.2, 0) is 0 Å². The van der Waals surface area contributed by atoms with Gasteiger partial charge >= 0.3 is 0 Å². The molecule has 0 bridgehead atoms. The van der Waals surface area contributed by atoms with E-state index in [0.717, 1.165) is 17.0 Å². The normalized spacial score (nSPS) is 11.8. The molecule has 126 valence electrons. The number of nitrogens with zero attached hydrogens (tertiary/aromatic N) is 4. The van der Waals surface area contributed by atoms with Crippen molar-refractivity contribution in [3.05, 3.63) is 53.6 Å². The highest BCUT2D eigenvalue weighted by atomic mass is 35.5. The third-order valence-corrected chi connectivity index (χ3v) is 4.70. The zero-order valence-electron chi connectivity index (χ0n) is 13.7. The van der Waals surface area contributed by atoms with Crippen LogP contribution >= 0.6 is 23.4 Å². The van der Waals surface area contributed by atoms with Gasteiger partial charge in [-0.2, -0.15) is 5.26 Å². The number of aromatic nitrogens is 3. The molecular weight excluding hydrogens is 356 g/mol. The minimum Gasteiger partial charge on any atom is -0.497 e. The smallest absolute Gasteiger partial charge is 0.197 e. The van der Waals surface area contributed by atoms with Gasteiger partial charge in [0.25, 0.3) is 0 Å². The van der Waals surface area contributed by atoms with Gasteiger partial charge in [0.2, 0.25) is 0 Å². The molecule has 0 aliphatic rings. The maximum absolute atomic E-state index is 9.12. The fourth-order valence-corrected chi connectivity index (χ4v) is 3.18. The number of benzene rings is 2. The van der Waals surface area contributed by atoms with E-state index < -0.39 is 0 Å². The Kier molecular flexibility index (Phi) is 5.27. The number of ether oxygens (including phenoxy) is 1. The molecule has 1 atom stereocenters. The number of halogens is 1. The molecule has 5 nitrogen and oxygen atoms in total. The summed E-state index contributed by atoms with van der Waals surface area (Å²) in [4.78, 5) is 0. The van der Waals surface area contributed by atoms with Crippen molar-refractivity contribution < 1.29 is 4.74 Å². The van der Waals surface area contributed by atoms with Crippen molar-refractivity contribution in [2.45, 2.75) is 17.3 Å². The molecule has 1 heterocycles. The first kappa shape index (κ1) is 17.3. The van der Waals surface area contributed by atoms with E-state index in [2.05, 4.69) is 16.3 Å². The number of methoxy groups -OCH3 is 1. The summed E-state index contributed by atoms with van der Waals surface area (Å²) in [6, 6.07) is 17.3. The Morgan fingerprint density at radius 2 is 1.96 bits per heavy atom. The molecule has 7 heteroatoms. The van der Waals surface area contributed by atoms with Crippen LogP contribution in [0.5, 0.6) is 5.75 Å². The molecule has 0 radical (unpaired) electrons. The van der Waals surface area contributed by atoms with Gasteiger partial charge in [-0.3, -0.25) is 4.57 Å². The molecule has 0 aliphatic carbocycles. The monoisotopic (exact) mass is 370 g/mol. The fraction of sp³-hybridized carbons (Fsp3) is 0.167. The van der Waals surface area contributed by atoms with Crippen LogP contribution in [0, 0.1) is 11.3 Å². The van der Waals surface area contributed by atoms with Crippen molar-refractivity contribution in [3.8, 4) is 28.9 Å². The molecule has 0 N–H and O–H groups in total. The molecule has 0 amide bonds. The van der Waals surface area contributed by atoms with Gasteiger partial charge in [0.15, 0.2) is 11.0 Å². The summed E-state index contributed by atoms with van der Waals surface area (Å²) < 4.78 is 7.22. The van der Waals surface area contributed by atoms with E-state index in [1.54, 1.807) is 7.11 Å². The van der Waals surface area contributed by atoms with Crippen LogP contribution in [0.15, 0.2) is 53.7 Å². The quantitative estimate of drug-likeness (QED) is 0.614. The van der Waals surface area contributed by atoms with Crippen molar-refractivity contribution in [1.29, 1.82) is 5.26 Å². The van der Waals surface area contributed by atoms with Crippen LogP contribution < -0.4 is 4.74 Å². The number of nitriles is 1. The third-order valence-electron chi connectivity index (χ3n) is 3.51.